The second kappa shape index (κ2) is 3.13. The van der Waals surface area contributed by atoms with E-state index in [9.17, 15) is 0 Å². The normalized spacial score (nSPS) is 10.6. The number of nitrogens with zero attached hydrogens (tertiary/aromatic N) is 1. The first kappa shape index (κ1) is 8.40. The molecule has 0 aliphatic heterocycles. The Kier molecular flexibility index (Phi) is 2.39. The standard InChI is InChI=1S/C7H11ClN2O/c1-4(2)5-6(8)10-7(9-3)11-5/h4H,1-3H3,(H,9,10). The van der Waals surface area contributed by atoms with Crippen LogP contribution >= 0.6 is 11.6 Å². The predicted octanol–water partition coefficient (Wildman–Crippen LogP) is 2.49. The Bertz CT molecular complexity index is 245. The highest BCUT2D eigenvalue weighted by Crippen LogP contribution is 2.26. The van der Waals surface area contributed by atoms with Crippen LogP contribution in [0.5, 0.6) is 0 Å². The van der Waals surface area contributed by atoms with Gasteiger partial charge in [0.15, 0.2) is 5.15 Å². The van der Waals surface area contributed by atoms with E-state index in [4.69, 9.17) is 16.0 Å². The first-order valence-corrected chi connectivity index (χ1v) is 3.87. The molecule has 1 heterocycles. The minimum atomic E-state index is 0.275. The predicted molar refractivity (Wildman–Crippen MR) is 45.1 cm³/mol. The fourth-order valence-electron chi connectivity index (χ4n) is 0.776. The number of aromatic nitrogens is 1. The third kappa shape index (κ3) is 1.66. The lowest BCUT2D eigenvalue weighted by atomic mass is 10.2. The fraction of sp³-hybridized carbons (Fsp3) is 0.571. The van der Waals surface area contributed by atoms with Gasteiger partial charge in [0.05, 0.1) is 0 Å². The van der Waals surface area contributed by atoms with Crippen LogP contribution in [0, 0.1) is 0 Å². The van der Waals surface area contributed by atoms with E-state index in [0.29, 0.717) is 11.2 Å². The van der Waals surface area contributed by atoms with Crippen molar-refractivity contribution in [2.75, 3.05) is 12.4 Å². The van der Waals surface area contributed by atoms with Crippen molar-refractivity contribution in [1.29, 1.82) is 0 Å². The highest BCUT2D eigenvalue weighted by atomic mass is 35.5. The molecule has 0 amide bonds. The Morgan fingerprint density at radius 3 is 2.45 bits per heavy atom. The smallest absolute Gasteiger partial charge is 0.296 e. The average Bonchev–Trinajstić information content (AvgIpc) is 2.30. The van der Waals surface area contributed by atoms with Crippen LogP contribution in [0.1, 0.15) is 25.5 Å². The molecule has 1 rings (SSSR count). The maximum absolute atomic E-state index is 5.77. The fourth-order valence-corrected chi connectivity index (χ4v) is 1.11. The summed E-state index contributed by atoms with van der Waals surface area (Å²) in [4.78, 5) is 3.94. The van der Waals surface area contributed by atoms with Crippen molar-refractivity contribution in [2.45, 2.75) is 19.8 Å². The maximum atomic E-state index is 5.77. The van der Waals surface area contributed by atoms with Gasteiger partial charge in [0.1, 0.15) is 5.76 Å². The van der Waals surface area contributed by atoms with E-state index in [1.165, 1.54) is 0 Å². The SMILES string of the molecule is CNc1nc(Cl)c(C(C)C)o1. The first-order chi connectivity index (χ1) is 5.15. The van der Waals surface area contributed by atoms with Crippen LogP contribution in [0.2, 0.25) is 5.15 Å². The van der Waals surface area contributed by atoms with Gasteiger partial charge in [-0.3, -0.25) is 0 Å². The molecule has 1 aromatic rings. The molecule has 0 saturated heterocycles. The molecule has 1 N–H and O–H groups in total. The summed E-state index contributed by atoms with van der Waals surface area (Å²) in [5, 5.41) is 3.23. The van der Waals surface area contributed by atoms with Crippen molar-refractivity contribution < 1.29 is 4.42 Å². The van der Waals surface area contributed by atoms with Gasteiger partial charge in [-0.25, -0.2) is 0 Å². The molecule has 1 aromatic heterocycles. The summed E-state index contributed by atoms with van der Waals surface area (Å²) in [6.07, 6.45) is 0. The van der Waals surface area contributed by atoms with Gasteiger partial charge in [0.25, 0.3) is 6.01 Å². The van der Waals surface area contributed by atoms with E-state index < -0.39 is 0 Å². The zero-order valence-electron chi connectivity index (χ0n) is 6.81. The molecule has 0 aliphatic carbocycles. The van der Waals surface area contributed by atoms with Crippen LogP contribution in [0.4, 0.5) is 6.01 Å². The number of anilines is 1. The van der Waals surface area contributed by atoms with Gasteiger partial charge in [-0.2, -0.15) is 4.98 Å². The van der Waals surface area contributed by atoms with Crippen LogP contribution in [0.15, 0.2) is 4.42 Å². The average molecular weight is 175 g/mol. The molecule has 62 valence electrons. The van der Waals surface area contributed by atoms with Crippen molar-refractivity contribution in [3.63, 3.8) is 0 Å². The van der Waals surface area contributed by atoms with Crippen molar-refractivity contribution >= 4 is 17.6 Å². The van der Waals surface area contributed by atoms with E-state index >= 15 is 0 Å². The molecule has 0 aliphatic rings. The highest BCUT2D eigenvalue weighted by molar-refractivity contribution is 6.30. The Morgan fingerprint density at radius 1 is 1.55 bits per heavy atom. The molecule has 4 heteroatoms. The maximum Gasteiger partial charge on any atom is 0.296 e. The number of nitrogens with one attached hydrogen (secondary N) is 1. The van der Waals surface area contributed by atoms with E-state index in [1.54, 1.807) is 7.05 Å². The second-order valence-corrected chi connectivity index (χ2v) is 2.94. The summed E-state index contributed by atoms with van der Waals surface area (Å²) in [6.45, 7) is 4.01. The molecule has 0 aromatic carbocycles. The van der Waals surface area contributed by atoms with Gasteiger partial charge in [-0.15, -0.1) is 0 Å². The molecule has 3 nitrogen and oxygen atoms in total. The van der Waals surface area contributed by atoms with Gasteiger partial charge in [-0.05, 0) is 0 Å². The zero-order chi connectivity index (χ0) is 8.43. The molecule has 0 bridgehead atoms. The van der Waals surface area contributed by atoms with Crippen molar-refractivity contribution in [1.82, 2.24) is 4.98 Å². The summed E-state index contributed by atoms with van der Waals surface area (Å²) in [7, 11) is 1.74. The third-order valence-corrected chi connectivity index (χ3v) is 1.62. The Balaban J connectivity index is 2.97. The molecule has 0 saturated carbocycles. The van der Waals surface area contributed by atoms with Crippen LogP contribution in [-0.4, -0.2) is 12.0 Å². The molecule has 11 heavy (non-hydrogen) atoms. The minimum Gasteiger partial charge on any atom is -0.427 e. The van der Waals surface area contributed by atoms with E-state index in [1.807, 2.05) is 13.8 Å². The van der Waals surface area contributed by atoms with Crippen molar-refractivity contribution in [3.8, 4) is 0 Å². The minimum absolute atomic E-state index is 0.275. The molecular weight excluding hydrogens is 164 g/mol. The Hall–Kier alpha value is -0.700. The molecule has 0 radical (unpaired) electrons. The monoisotopic (exact) mass is 174 g/mol. The van der Waals surface area contributed by atoms with Crippen LogP contribution in [-0.2, 0) is 0 Å². The highest BCUT2D eigenvalue weighted by Gasteiger charge is 2.12. The van der Waals surface area contributed by atoms with Gasteiger partial charge < -0.3 is 9.73 Å². The summed E-state index contributed by atoms with van der Waals surface area (Å²) in [6, 6.07) is 0.471. The number of halogens is 1. The molecule has 0 unspecified atom stereocenters. The molecule has 0 fully saturated rings. The van der Waals surface area contributed by atoms with Crippen molar-refractivity contribution in [2.24, 2.45) is 0 Å². The largest absolute Gasteiger partial charge is 0.427 e. The molecule has 0 spiro atoms. The Morgan fingerprint density at radius 2 is 2.18 bits per heavy atom. The van der Waals surface area contributed by atoms with Crippen LogP contribution in [0.3, 0.4) is 0 Å². The topological polar surface area (TPSA) is 38.1 Å². The van der Waals surface area contributed by atoms with Crippen LogP contribution < -0.4 is 5.32 Å². The zero-order valence-corrected chi connectivity index (χ0v) is 7.57. The lowest BCUT2D eigenvalue weighted by molar-refractivity contribution is 0.496. The van der Waals surface area contributed by atoms with Gasteiger partial charge >= 0.3 is 0 Å². The first-order valence-electron chi connectivity index (χ1n) is 3.49. The second-order valence-electron chi connectivity index (χ2n) is 2.58. The van der Waals surface area contributed by atoms with Gasteiger partial charge in [0.2, 0.25) is 0 Å². The summed E-state index contributed by atoms with van der Waals surface area (Å²) in [5.41, 5.74) is 0. The van der Waals surface area contributed by atoms with Gasteiger partial charge in [-0.1, -0.05) is 25.4 Å². The number of rotatable bonds is 2. The number of hydrogen-bond donors (Lipinski definition) is 1. The Labute approximate surface area is 70.8 Å². The summed E-state index contributed by atoms with van der Waals surface area (Å²) < 4.78 is 5.27. The third-order valence-electron chi connectivity index (χ3n) is 1.35. The summed E-state index contributed by atoms with van der Waals surface area (Å²) in [5.74, 6) is 1.01. The molecule has 0 atom stereocenters. The number of oxazole rings is 1. The van der Waals surface area contributed by atoms with E-state index in [0.717, 1.165) is 5.76 Å². The quantitative estimate of drug-likeness (QED) is 0.749. The lowest BCUT2D eigenvalue weighted by Gasteiger charge is -1.97. The van der Waals surface area contributed by atoms with E-state index in [2.05, 4.69) is 10.3 Å². The van der Waals surface area contributed by atoms with Crippen LogP contribution in [0.25, 0.3) is 0 Å². The van der Waals surface area contributed by atoms with Crippen molar-refractivity contribution in [3.05, 3.63) is 10.9 Å². The lowest BCUT2D eigenvalue weighted by Crippen LogP contribution is -1.85. The molecular formula is C7H11ClN2O. The van der Waals surface area contributed by atoms with Gasteiger partial charge in [0, 0.05) is 13.0 Å². The van der Waals surface area contributed by atoms with E-state index in [-0.39, 0.29) is 5.92 Å². The summed E-state index contributed by atoms with van der Waals surface area (Å²) >= 11 is 5.77. The number of hydrogen-bond acceptors (Lipinski definition) is 3.